The lowest BCUT2D eigenvalue weighted by atomic mass is 9.95. The van der Waals surface area contributed by atoms with Crippen LogP contribution in [-0.4, -0.2) is 21.8 Å². The number of anilines is 3. The Balaban J connectivity index is 1.94. The van der Waals surface area contributed by atoms with Gasteiger partial charge in [0.25, 0.3) is 0 Å². The zero-order valence-electron chi connectivity index (χ0n) is 17.0. The Kier molecular flexibility index (Phi) is 5.07. The molecule has 0 radical (unpaired) electrons. The van der Waals surface area contributed by atoms with Crippen LogP contribution in [0.1, 0.15) is 29.7 Å². The summed E-state index contributed by atoms with van der Waals surface area (Å²) in [4.78, 5) is 5.92. The molecule has 10 heteroatoms. The van der Waals surface area contributed by atoms with Gasteiger partial charge in [0.05, 0.1) is 28.8 Å². The molecule has 0 spiro atoms. The van der Waals surface area contributed by atoms with E-state index in [0.29, 0.717) is 22.4 Å². The van der Waals surface area contributed by atoms with Crippen LogP contribution in [0.4, 0.5) is 30.8 Å². The van der Waals surface area contributed by atoms with E-state index < -0.39 is 17.8 Å². The summed E-state index contributed by atoms with van der Waals surface area (Å²) < 4.78 is 41.5. The van der Waals surface area contributed by atoms with Crippen LogP contribution in [-0.2, 0) is 6.18 Å². The van der Waals surface area contributed by atoms with Gasteiger partial charge in [0.15, 0.2) is 0 Å². The minimum absolute atomic E-state index is 0.208. The summed E-state index contributed by atoms with van der Waals surface area (Å²) in [6.45, 7) is 1.66. The minimum atomic E-state index is -4.52. The Morgan fingerprint density at radius 3 is 2.38 bits per heavy atom. The van der Waals surface area contributed by atoms with E-state index in [0.717, 1.165) is 12.1 Å². The molecular formula is C22H16F3N7. The van der Waals surface area contributed by atoms with Gasteiger partial charge in [-0.15, -0.1) is 5.10 Å². The third kappa shape index (κ3) is 3.42. The average Bonchev–Trinajstić information content (AvgIpc) is 3.21. The van der Waals surface area contributed by atoms with Gasteiger partial charge in [-0.3, -0.25) is 4.90 Å². The molecule has 0 saturated heterocycles. The van der Waals surface area contributed by atoms with Crippen LogP contribution in [0.15, 0.2) is 59.8 Å². The van der Waals surface area contributed by atoms with E-state index in [-0.39, 0.29) is 17.6 Å². The number of hydrogen-bond acceptors (Lipinski definition) is 6. The van der Waals surface area contributed by atoms with Gasteiger partial charge in [-0.2, -0.15) is 28.7 Å². The normalized spacial score (nSPS) is 15.7. The lowest BCUT2D eigenvalue weighted by molar-refractivity contribution is -0.137. The van der Waals surface area contributed by atoms with Gasteiger partial charge in [-0.1, -0.05) is 18.2 Å². The standard InChI is InChI=1S/C22H16F3N7/c1-13-18(12-27)19(15-8-6-14(11-26)7-9-15)32-21(29-20(28-2)30-32)31(13)17-5-3-4-16(10-17)22(23,24)25/h3-10,19H,1-2H3,(H,28,30). The van der Waals surface area contributed by atoms with Crippen LogP contribution >= 0.6 is 0 Å². The van der Waals surface area contributed by atoms with E-state index in [1.165, 1.54) is 21.7 Å². The molecule has 0 saturated carbocycles. The predicted octanol–water partition coefficient (Wildman–Crippen LogP) is 4.75. The molecule has 1 atom stereocenters. The first-order chi connectivity index (χ1) is 15.3. The second-order valence-corrected chi connectivity index (χ2v) is 7.06. The molecule has 1 unspecified atom stereocenters. The molecule has 2 heterocycles. The monoisotopic (exact) mass is 435 g/mol. The third-order valence-electron chi connectivity index (χ3n) is 5.19. The van der Waals surface area contributed by atoms with Crippen molar-refractivity contribution in [1.29, 1.82) is 10.5 Å². The number of rotatable bonds is 3. The number of benzene rings is 2. The Morgan fingerprint density at radius 1 is 1.06 bits per heavy atom. The fourth-order valence-corrected chi connectivity index (χ4v) is 3.66. The van der Waals surface area contributed by atoms with E-state index in [9.17, 15) is 18.4 Å². The number of nitrogens with zero attached hydrogens (tertiary/aromatic N) is 6. The van der Waals surface area contributed by atoms with Crippen molar-refractivity contribution >= 4 is 17.6 Å². The highest BCUT2D eigenvalue weighted by Gasteiger charge is 2.37. The van der Waals surface area contributed by atoms with Crippen molar-refractivity contribution in [2.75, 3.05) is 17.3 Å². The van der Waals surface area contributed by atoms with E-state index in [1.807, 2.05) is 6.07 Å². The maximum Gasteiger partial charge on any atom is 0.416 e. The van der Waals surface area contributed by atoms with Crippen molar-refractivity contribution in [3.05, 3.63) is 76.5 Å². The molecule has 7 nitrogen and oxygen atoms in total. The van der Waals surface area contributed by atoms with Crippen molar-refractivity contribution in [2.24, 2.45) is 0 Å². The van der Waals surface area contributed by atoms with Crippen molar-refractivity contribution < 1.29 is 13.2 Å². The van der Waals surface area contributed by atoms with E-state index in [1.54, 1.807) is 38.2 Å². The number of nitriles is 2. The first kappa shape index (κ1) is 20.9. The fraction of sp³-hybridized carbons (Fsp3) is 0.182. The molecule has 1 aliphatic heterocycles. The minimum Gasteiger partial charge on any atom is -0.356 e. The highest BCUT2D eigenvalue weighted by Crippen LogP contribution is 2.43. The molecule has 2 aromatic carbocycles. The summed E-state index contributed by atoms with van der Waals surface area (Å²) in [5.41, 5.74) is 1.28. The SMILES string of the molecule is CNc1nc2n(n1)C(c1ccc(C#N)cc1)C(C#N)=C(C)N2c1cccc(C(F)(F)F)c1. The molecule has 0 amide bonds. The molecule has 1 N–H and O–H groups in total. The van der Waals surface area contributed by atoms with E-state index >= 15 is 0 Å². The van der Waals surface area contributed by atoms with Gasteiger partial charge in [0, 0.05) is 18.4 Å². The maximum atomic E-state index is 13.3. The first-order valence-corrected chi connectivity index (χ1v) is 9.51. The summed E-state index contributed by atoms with van der Waals surface area (Å²) in [5, 5.41) is 26.3. The first-order valence-electron chi connectivity index (χ1n) is 9.51. The molecule has 0 fully saturated rings. The molecule has 0 bridgehead atoms. The molecule has 1 aromatic heterocycles. The number of hydrogen-bond donors (Lipinski definition) is 1. The molecular weight excluding hydrogens is 419 g/mol. The maximum absolute atomic E-state index is 13.3. The van der Waals surface area contributed by atoms with Crippen molar-refractivity contribution in [3.8, 4) is 12.1 Å². The quantitative estimate of drug-likeness (QED) is 0.638. The molecule has 32 heavy (non-hydrogen) atoms. The number of nitrogens with one attached hydrogen (secondary N) is 1. The summed E-state index contributed by atoms with van der Waals surface area (Å²) in [6, 6.07) is 15.1. The highest BCUT2D eigenvalue weighted by molar-refractivity contribution is 5.69. The number of allylic oxidation sites excluding steroid dienone is 2. The molecule has 160 valence electrons. The lowest BCUT2D eigenvalue weighted by Gasteiger charge is -2.34. The number of alkyl halides is 3. The lowest BCUT2D eigenvalue weighted by Crippen LogP contribution is -2.31. The van der Waals surface area contributed by atoms with Crippen molar-refractivity contribution in [1.82, 2.24) is 14.8 Å². The Bertz CT molecular complexity index is 1290. The second kappa shape index (κ2) is 7.75. The van der Waals surface area contributed by atoms with Crippen LogP contribution < -0.4 is 10.2 Å². The van der Waals surface area contributed by atoms with Crippen LogP contribution in [0.2, 0.25) is 0 Å². The third-order valence-corrected chi connectivity index (χ3v) is 5.19. The van der Waals surface area contributed by atoms with Crippen molar-refractivity contribution in [2.45, 2.75) is 19.1 Å². The van der Waals surface area contributed by atoms with Crippen molar-refractivity contribution in [3.63, 3.8) is 0 Å². The van der Waals surface area contributed by atoms with Gasteiger partial charge in [0.1, 0.15) is 6.04 Å². The Morgan fingerprint density at radius 2 is 1.78 bits per heavy atom. The van der Waals surface area contributed by atoms with Crippen LogP contribution in [0.5, 0.6) is 0 Å². The highest BCUT2D eigenvalue weighted by atomic mass is 19.4. The number of fused-ring (bicyclic) bond motifs is 1. The fourth-order valence-electron chi connectivity index (χ4n) is 3.66. The Hall–Kier alpha value is -4.31. The Labute approximate surface area is 181 Å². The molecule has 0 aliphatic carbocycles. The summed E-state index contributed by atoms with van der Waals surface area (Å²) in [5.74, 6) is 0.516. The van der Waals surface area contributed by atoms with Gasteiger partial charge in [-0.25, -0.2) is 4.68 Å². The smallest absolute Gasteiger partial charge is 0.356 e. The average molecular weight is 435 g/mol. The van der Waals surface area contributed by atoms with Gasteiger partial charge >= 0.3 is 6.18 Å². The summed E-state index contributed by atoms with van der Waals surface area (Å²) >= 11 is 0. The van der Waals surface area contributed by atoms with Crippen LogP contribution in [0, 0.1) is 22.7 Å². The zero-order valence-corrected chi connectivity index (χ0v) is 17.0. The summed E-state index contributed by atoms with van der Waals surface area (Å²) in [6.07, 6.45) is -4.52. The van der Waals surface area contributed by atoms with Gasteiger partial charge in [0.2, 0.25) is 11.9 Å². The molecule has 3 aromatic rings. The predicted molar refractivity (Wildman–Crippen MR) is 111 cm³/mol. The van der Waals surface area contributed by atoms with E-state index in [4.69, 9.17) is 5.26 Å². The van der Waals surface area contributed by atoms with Gasteiger partial charge < -0.3 is 5.32 Å². The zero-order chi connectivity index (χ0) is 23.0. The number of halogens is 3. The van der Waals surface area contributed by atoms with Gasteiger partial charge in [-0.05, 0) is 42.8 Å². The van der Waals surface area contributed by atoms with E-state index in [2.05, 4.69) is 21.5 Å². The second-order valence-electron chi connectivity index (χ2n) is 7.06. The molecule has 4 rings (SSSR count). The topological polar surface area (TPSA) is 93.6 Å². The van der Waals surface area contributed by atoms with Crippen LogP contribution in [0.25, 0.3) is 0 Å². The summed E-state index contributed by atoms with van der Waals surface area (Å²) in [7, 11) is 1.62. The largest absolute Gasteiger partial charge is 0.416 e. The number of aromatic nitrogens is 3. The molecule has 1 aliphatic rings. The van der Waals surface area contributed by atoms with Crippen LogP contribution in [0.3, 0.4) is 0 Å².